The zero-order valence-corrected chi connectivity index (χ0v) is 21.0. The number of esters is 1. The Morgan fingerprint density at radius 3 is 2.74 bits per heavy atom. The summed E-state index contributed by atoms with van der Waals surface area (Å²) in [5.41, 5.74) is 3.10. The Hall–Kier alpha value is -3.17. The number of thioether (sulfide) groups is 1. The molecular weight excluding hydrogens is 488 g/mol. The van der Waals surface area contributed by atoms with Crippen molar-refractivity contribution >= 4 is 35.3 Å². The van der Waals surface area contributed by atoms with Crippen LogP contribution < -0.4 is 14.8 Å². The number of fused-ring (bicyclic) bond motifs is 2. The minimum absolute atomic E-state index is 0.274. The molecule has 1 atom stereocenters. The van der Waals surface area contributed by atoms with E-state index in [1.807, 2.05) is 49.4 Å². The van der Waals surface area contributed by atoms with Crippen LogP contribution in [0.5, 0.6) is 11.5 Å². The highest BCUT2D eigenvalue weighted by molar-refractivity contribution is 7.98. The highest BCUT2D eigenvalue weighted by atomic mass is 35.5. The van der Waals surface area contributed by atoms with E-state index in [2.05, 4.69) is 10.3 Å². The second-order valence-corrected chi connectivity index (χ2v) is 9.50. The molecule has 0 amide bonds. The van der Waals surface area contributed by atoms with Crippen LogP contribution in [0.25, 0.3) is 0 Å². The second kappa shape index (κ2) is 10.2. The van der Waals surface area contributed by atoms with Gasteiger partial charge in [-0.25, -0.2) is 9.48 Å². The number of carbonyl (C=O) groups excluding carboxylic acids is 1. The van der Waals surface area contributed by atoms with E-state index in [0.29, 0.717) is 57.9 Å². The predicted molar refractivity (Wildman–Crippen MR) is 134 cm³/mol. The summed E-state index contributed by atoms with van der Waals surface area (Å²) >= 11 is 7.51. The molecule has 1 unspecified atom stereocenters. The van der Waals surface area contributed by atoms with Gasteiger partial charge in [0.15, 0.2) is 11.5 Å². The van der Waals surface area contributed by atoms with E-state index in [4.69, 9.17) is 30.9 Å². The van der Waals surface area contributed by atoms with Crippen molar-refractivity contribution < 1.29 is 19.0 Å². The van der Waals surface area contributed by atoms with Crippen molar-refractivity contribution in [2.45, 2.75) is 37.2 Å². The molecule has 5 rings (SSSR count). The topological polar surface area (TPSA) is 87.5 Å². The van der Waals surface area contributed by atoms with Gasteiger partial charge in [-0.05, 0) is 49.2 Å². The Labute approximate surface area is 212 Å². The summed E-state index contributed by atoms with van der Waals surface area (Å²) < 4.78 is 18.8. The number of benzene rings is 2. The number of rotatable bonds is 6. The lowest BCUT2D eigenvalue weighted by Gasteiger charge is -2.28. The number of nitrogens with one attached hydrogen (secondary N) is 1. The first-order chi connectivity index (χ1) is 17.0. The summed E-state index contributed by atoms with van der Waals surface area (Å²) in [4.78, 5) is 17.7. The van der Waals surface area contributed by atoms with Gasteiger partial charge in [-0.2, -0.15) is 4.98 Å². The number of hydrogen-bond acceptors (Lipinski definition) is 8. The van der Waals surface area contributed by atoms with Gasteiger partial charge in [0.05, 0.1) is 25.4 Å². The van der Waals surface area contributed by atoms with Gasteiger partial charge >= 0.3 is 5.97 Å². The first-order valence-electron chi connectivity index (χ1n) is 11.4. The minimum Gasteiger partial charge on any atom is -0.490 e. The Morgan fingerprint density at radius 1 is 1.20 bits per heavy atom. The summed E-state index contributed by atoms with van der Waals surface area (Å²) in [5.74, 6) is 2.19. The summed E-state index contributed by atoms with van der Waals surface area (Å²) in [5, 5.41) is 9.29. The molecule has 3 aromatic rings. The van der Waals surface area contributed by atoms with Crippen molar-refractivity contribution in [3.05, 3.63) is 69.9 Å². The Kier molecular flexibility index (Phi) is 6.88. The number of anilines is 1. The van der Waals surface area contributed by atoms with Crippen molar-refractivity contribution in [3.63, 3.8) is 0 Å². The van der Waals surface area contributed by atoms with Gasteiger partial charge in [0, 0.05) is 22.9 Å². The van der Waals surface area contributed by atoms with Crippen molar-refractivity contribution in [2.24, 2.45) is 0 Å². The zero-order valence-electron chi connectivity index (χ0n) is 19.4. The van der Waals surface area contributed by atoms with Crippen LogP contribution in [0.1, 0.15) is 37.4 Å². The molecule has 0 fully saturated rings. The number of halogens is 1. The standard InChI is InChI=1S/C25H25ClN4O4S/c1-3-32-23(31)21-15(2)27-24-28-25(35-14-16-5-8-18(26)9-6-16)29-30(24)22(21)17-7-10-19-20(13-17)34-12-4-11-33-19/h5-10,13,22H,3-4,11-12,14H2,1-2H3,(H,27,28,29). The lowest BCUT2D eigenvalue weighted by Crippen LogP contribution is -2.29. The molecule has 0 saturated heterocycles. The number of hydrogen-bond donors (Lipinski definition) is 1. The van der Waals surface area contributed by atoms with Gasteiger partial charge in [-0.1, -0.05) is 41.6 Å². The molecule has 1 aromatic heterocycles. The Balaban J connectivity index is 1.51. The van der Waals surface area contributed by atoms with Crippen LogP contribution in [0.4, 0.5) is 5.95 Å². The number of carbonyl (C=O) groups is 1. The van der Waals surface area contributed by atoms with Crippen LogP contribution in [0, 0.1) is 0 Å². The van der Waals surface area contributed by atoms with Crippen LogP contribution in [0.3, 0.4) is 0 Å². The molecule has 10 heteroatoms. The fraction of sp³-hybridized carbons (Fsp3) is 0.320. The third-order valence-corrected chi connectivity index (χ3v) is 6.86. The zero-order chi connectivity index (χ0) is 24.4. The molecule has 3 heterocycles. The number of nitrogens with zero attached hydrogens (tertiary/aromatic N) is 3. The number of ether oxygens (including phenoxy) is 3. The largest absolute Gasteiger partial charge is 0.490 e. The lowest BCUT2D eigenvalue weighted by molar-refractivity contribution is -0.139. The molecule has 0 saturated carbocycles. The summed E-state index contributed by atoms with van der Waals surface area (Å²) in [6, 6.07) is 12.9. The smallest absolute Gasteiger partial charge is 0.338 e. The molecule has 0 spiro atoms. The Morgan fingerprint density at radius 2 is 1.97 bits per heavy atom. The van der Waals surface area contributed by atoms with Crippen LogP contribution in [0.2, 0.25) is 5.02 Å². The van der Waals surface area contributed by atoms with Gasteiger partial charge < -0.3 is 19.5 Å². The SMILES string of the molecule is CCOC(=O)C1=C(C)Nc2nc(SCc3ccc(Cl)cc3)nn2C1c1ccc2c(c1)OCCCO2. The maximum Gasteiger partial charge on any atom is 0.338 e. The maximum absolute atomic E-state index is 13.0. The molecule has 0 radical (unpaired) electrons. The third kappa shape index (κ3) is 4.97. The molecule has 0 bridgehead atoms. The van der Waals surface area contributed by atoms with E-state index in [1.165, 1.54) is 11.8 Å². The monoisotopic (exact) mass is 512 g/mol. The first kappa shape index (κ1) is 23.6. The second-order valence-electron chi connectivity index (χ2n) is 8.12. The third-order valence-electron chi connectivity index (χ3n) is 5.70. The van der Waals surface area contributed by atoms with E-state index in [0.717, 1.165) is 17.5 Å². The molecule has 2 aliphatic heterocycles. The quantitative estimate of drug-likeness (QED) is 0.354. The van der Waals surface area contributed by atoms with Crippen LogP contribution in [-0.2, 0) is 15.3 Å². The molecule has 2 aliphatic rings. The van der Waals surface area contributed by atoms with Crippen molar-refractivity contribution in [1.29, 1.82) is 0 Å². The van der Waals surface area contributed by atoms with Gasteiger partial charge in [0.2, 0.25) is 11.1 Å². The van der Waals surface area contributed by atoms with Crippen molar-refractivity contribution in [2.75, 3.05) is 25.1 Å². The molecular formula is C25H25ClN4O4S. The highest BCUT2D eigenvalue weighted by Gasteiger charge is 2.35. The summed E-state index contributed by atoms with van der Waals surface area (Å²) in [6.07, 6.45) is 0.811. The minimum atomic E-state index is -0.528. The number of allylic oxidation sites excluding steroid dienone is 1. The average molecular weight is 513 g/mol. The molecule has 0 aliphatic carbocycles. The lowest BCUT2D eigenvalue weighted by atomic mass is 9.95. The maximum atomic E-state index is 13.0. The summed E-state index contributed by atoms with van der Waals surface area (Å²) in [6.45, 7) is 5.09. The Bertz CT molecular complexity index is 1270. The molecule has 1 N–H and O–H groups in total. The molecule has 8 nitrogen and oxygen atoms in total. The first-order valence-corrected chi connectivity index (χ1v) is 12.8. The van der Waals surface area contributed by atoms with Crippen LogP contribution in [0.15, 0.2) is 58.9 Å². The van der Waals surface area contributed by atoms with E-state index in [9.17, 15) is 4.79 Å². The highest BCUT2D eigenvalue weighted by Crippen LogP contribution is 2.40. The summed E-state index contributed by atoms with van der Waals surface area (Å²) in [7, 11) is 0. The van der Waals surface area contributed by atoms with Crippen LogP contribution >= 0.6 is 23.4 Å². The fourth-order valence-electron chi connectivity index (χ4n) is 4.05. The molecule has 182 valence electrons. The predicted octanol–water partition coefficient (Wildman–Crippen LogP) is 5.24. The average Bonchev–Trinajstić information content (AvgIpc) is 3.10. The van der Waals surface area contributed by atoms with E-state index in [1.54, 1.807) is 11.6 Å². The van der Waals surface area contributed by atoms with Crippen LogP contribution in [-0.4, -0.2) is 40.6 Å². The van der Waals surface area contributed by atoms with E-state index >= 15 is 0 Å². The number of aromatic nitrogens is 3. The van der Waals surface area contributed by atoms with Crippen molar-refractivity contribution in [1.82, 2.24) is 14.8 Å². The normalized spacial score (nSPS) is 16.8. The van der Waals surface area contributed by atoms with Gasteiger partial charge in [0.1, 0.15) is 6.04 Å². The van der Waals surface area contributed by atoms with Crippen molar-refractivity contribution in [3.8, 4) is 11.5 Å². The van der Waals surface area contributed by atoms with Gasteiger partial charge in [-0.15, -0.1) is 5.10 Å². The molecule has 2 aromatic carbocycles. The van der Waals surface area contributed by atoms with E-state index in [-0.39, 0.29) is 6.61 Å². The molecule has 35 heavy (non-hydrogen) atoms. The van der Waals surface area contributed by atoms with E-state index < -0.39 is 12.0 Å². The fourth-order valence-corrected chi connectivity index (χ4v) is 4.96. The van der Waals surface area contributed by atoms with Gasteiger partial charge in [0.25, 0.3) is 0 Å². The van der Waals surface area contributed by atoms with Gasteiger partial charge in [-0.3, -0.25) is 0 Å².